The number of nitrogens with one attached hydrogen (secondary N) is 2. The van der Waals surface area contributed by atoms with Crippen molar-refractivity contribution in [3.8, 4) is 16.9 Å². The lowest BCUT2D eigenvalue weighted by molar-refractivity contribution is -0.175. The molecule has 9 atom stereocenters. The topological polar surface area (TPSA) is 173 Å². The highest BCUT2D eigenvalue weighted by atomic mass is 32.3. The zero-order chi connectivity index (χ0) is 39.9. The molecule has 2 amide bonds. The first-order valence-corrected chi connectivity index (χ1v) is 21.1. The molecule has 4 aliphatic rings. The highest BCUT2D eigenvalue weighted by molar-refractivity contribution is 8.23. The minimum Gasteiger partial charge on any atom is -0.496 e. The fourth-order valence-electron chi connectivity index (χ4n) is 9.26. The van der Waals surface area contributed by atoms with Crippen LogP contribution in [0.2, 0.25) is 0 Å². The van der Waals surface area contributed by atoms with Crippen LogP contribution in [0.25, 0.3) is 11.1 Å². The van der Waals surface area contributed by atoms with E-state index in [2.05, 4.69) is 31.4 Å². The van der Waals surface area contributed by atoms with Gasteiger partial charge in [0.05, 0.1) is 37.7 Å². The molecule has 4 fully saturated rings. The molecule has 3 aliphatic carbocycles. The molecule has 14 heteroatoms. The molecular weight excluding hydrogens is 709 g/mol. The lowest BCUT2D eigenvalue weighted by Gasteiger charge is -2.62. The number of benzene rings is 2. The molecule has 54 heavy (non-hydrogen) atoms. The Morgan fingerprint density at radius 1 is 1.15 bits per heavy atom. The van der Waals surface area contributed by atoms with Crippen LogP contribution in [0.3, 0.4) is 0 Å². The average molecular weight is 773 g/mol. The Kier molecular flexibility index (Phi) is 13.0. The molecule has 0 aromatic heterocycles. The van der Waals surface area contributed by atoms with Gasteiger partial charge in [0.25, 0.3) is 5.91 Å². The predicted molar refractivity (Wildman–Crippen MR) is 216 cm³/mol. The first kappa shape index (κ1) is 42.2. The number of hydroxylamine groups is 2. The molecule has 7 N–H and O–H groups in total. The van der Waals surface area contributed by atoms with Gasteiger partial charge in [-0.05, 0) is 80.8 Å². The maximum absolute atomic E-state index is 14.3. The number of para-hydroxylation sites is 1. The summed E-state index contributed by atoms with van der Waals surface area (Å²) < 4.78 is 26.5. The van der Waals surface area contributed by atoms with E-state index in [-0.39, 0.29) is 42.1 Å². The van der Waals surface area contributed by atoms with Gasteiger partial charge in [-0.2, -0.15) is 15.7 Å². The molecule has 0 radical (unpaired) electrons. The van der Waals surface area contributed by atoms with Crippen LogP contribution in [0.1, 0.15) is 56.5 Å². The van der Waals surface area contributed by atoms with E-state index >= 15 is 0 Å². The highest BCUT2D eigenvalue weighted by Crippen LogP contribution is 2.61. The summed E-state index contributed by atoms with van der Waals surface area (Å²) in [5.41, 5.74) is 9.88. The minimum atomic E-state index is -2.86. The lowest BCUT2D eigenvalue weighted by Crippen LogP contribution is -2.62. The van der Waals surface area contributed by atoms with Gasteiger partial charge in [0.2, 0.25) is 5.91 Å². The zero-order valence-corrected chi connectivity index (χ0v) is 34.5. The van der Waals surface area contributed by atoms with Gasteiger partial charge in [0, 0.05) is 67.8 Å². The summed E-state index contributed by atoms with van der Waals surface area (Å²) in [6, 6.07) is 10.1. The number of carbonyl (C=O) groups excluding carboxylic acids is 2. The number of hydrogen-bond acceptors (Lipinski definition) is 11. The van der Waals surface area contributed by atoms with Gasteiger partial charge in [-0.1, -0.05) is 39.0 Å². The molecule has 13 nitrogen and oxygen atoms in total. The Morgan fingerprint density at radius 3 is 2.41 bits per heavy atom. The Morgan fingerprint density at radius 2 is 1.85 bits per heavy atom. The minimum absolute atomic E-state index is 0.0322. The van der Waals surface area contributed by atoms with Crippen molar-refractivity contribution in [2.45, 2.75) is 77.4 Å². The van der Waals surface area contributed by atoms with Crippen molar-refractivity contribution in [1.82, 2.24) is 20.6 Å². The SMILES string of the molecule is COc1c(CN2O[C@@H](CN)[C@@H]([C@H](C)O)[C@H]2C(=O)N[C@H]2C[C@H]3C[C@@H]([C@@H]2C)C3(C)C)cccc1-c1cc(C(=O)N[C@H](CN(C)C)CS(C)(O)O)cc(N(C)C)c1. The van der Waals surface area contributed by atoms with E-state index in [4.69, 9.17) is 15.3 Å². The number of fused-ring (bicyclic) bond motifs is 2. The van der Waals surface area contributed by atoms with Gasteiger partial charge in [0.15, 0.2) is 0 Å². The molecule has 1 saturated heterocycles. The van der Waals surface area contributed by atoms with Crippen LogP contribution in [0, 0.1) is 29.1 Å². The Bertz CT molecular complexity index is 1650. The van der Waals surface area contributed by atoms with Crippen LogP contribution >= 0.6 is 10.6 Å². The normalized spacial score (nSPS) is 27.9. The monoisotopic (exact) mass is 772 g/mol. The maximum atomic E-state index is 14.3. The van der Waals surface area contributed by atoms with Gasteiger partial charge >= 0.3 is 0 Å². The van der Waals surface area contributed by atoms with Crippen molar-refractivity contribution in [3.05, 3.63) is 47.5 Å². The second-order valence-corrected chi connectivity index (χ2v) is 19.4. The number of nitrogens with two attached hydrogens (primary N) is 1. The average Bonchev–Trinajstić information content (AvgIpc) is 3.46. The summed E-state index contributed by atoms with van der Waals surface area (Å²) >= 11 is 0. The first-order valence-electron chi connectivity index (χ1n) is 19.0. The number of likely N-dealkylation sites (N-methyl/N-ethyl adjacent to an activating group) is 1. The standard InChI is InChI=1S/C40H64N6O7S/c1-23-32-17-28(40(32,3)4)18-33(23)43-39(49)36-35(24(2)47)34(19-41)53-46(36)20-25-12-11-13-31(37(25)52-9)26-14-27(16-30(15-26)45(7)8)38(48)42-29(21-44(5)6)22-54(10,50)51/h11-16,23-24,28-29,32-36,47,50-51H,17-22,41H2,1-10H3,(H,42,48)(H,43,49)/t23-,24-,28+,29+,32-,33-,34-,35+,36-/m0/s1. The molecular formula is C40H64N6O7S. The number of aliphatic hydroxyl groups is 1. The lowest BCUT2D eigenvalue weighted by atomic mass is 9.45. The van der Waals surface area contributed by atoms with Gasteiger partial charge in [-0.25, -0.2) is 0 Å². The van der Waals surface area contributed by atoms with E-state index in [9.17, 15) is 23.8 Å². The molecule has 0 spiro atoms. The number of carbonyl (C=O) groups is 2. The highest BCUT2D eigenvalue weighted by Gasteiger charge is 2.57. The van der Waals surface area contributed by atoms with Crippen LogP contribution in [-0.2, 0) is 16.2 Å². The summed E-state index contributed by atoms with van der Waals surface area (Å²) in [5, 5.41) is 19.0. The summed E-state index contributed by atoms with van der Waals surface area (Å²) in [7, 11) is 6.27. The molecule has 2 bridgehead atoms. The number of hydrogen-bond donors (Lipinski definition) is 6. The number of anilines is 1. The van der Waals surface area contributed by atoms with E-state index in [1.165, 1.54) is 12.7 Å². The predicted octanol–water partition coefficient (Wildman–Crippen LogP) is 4.10. The molecule has 0 unspecified atom stereocenters. The number of methoxy groups -OCH3 is 1. The van der Waals surface area contributed by atoms with E-state index in [0.29, 0.717) is 35.6 Å². The van der Waals surface area contributed by atoms with Crippen LogP contribution < -0.4 is 26.0 Å². The molecule has 3 saturated carbocycles. The van der Waals surface area contributed by atoms with Crippen LogP contribution in [-0.4, -0.2) is 127 Å². The van der Waals surface area contributed by atoms with Crippen molar-refractivity contribution < 1.29 is 33.4 Å². The van der Waals surface area contributed by atoms with Gasteiger partial charge < -0.3 is 36.0 Å². The van der Waals surface area contributed by atoms with Crippen LogP contribution in [0.15, 0.2) is 36.4 Å². The maximum Gasteiger partial charge on any atom is 0.251 e. The summed E-state index contributed by atoms with van der Waals surface area (Å²) in [5.74, 6) is 1.01. The molecule has 302 valence electrons. The third kappa shape index (κ3) is 9.02. The number of aliphatic hydroxyl groups excluding tert-OH is 1. The molecule has 2 aromatic carbocycles. The van der Waals surface area contributed by atoms with E-state index in [0.717, 1.165) is 28.8 Å². The summed E-state index contributed by atoms with van der Waals surface area (Å²) in [4.78, 5) is 38.2. The quantitative estimate of drug-likeness (QED) is 0.154. The molecule has 2 aromatic rings. The molecule has 1 aliphatic heterocycles. The third-order valence-corrected chi connectivity index (χ3v) is 13.2. The third-order valence-electron chi connectivity index (χ3n) is 12.2. The van der Waals surface area contributed by atoms with Crippen molar-refractivity contribution in [2.75, 3.05) is 65.3 Å². The molecule has 6 rings (SSSR count). The Balaban J connectivity index is 1.45. The van der Waals surface area contributed by atoms with Crippen molar-refractivity contribution in [2.24, 2.45) is 34.8 Å². The van der Waals surface area contributed by atoms with Crippen molar-refractivity contribution >= 4 is 28.1 Å². The van der Waals surface area contributed by atoms with Gasteiger partial charge in [-0.3, -0.25) is 23.5 Å². The number of rotatable bonds is 15. The van der Waals surface area contributed by atoms with Gasteiger partial charge in [-0.15, -0.1) is 0 Å². The van der Waals surface area contributed by atoms with Crippen LogP contribution in [0.4, 0.5) is 5.69 Å². The summed E-state index contributed by atoms with van der Waals surface area (Å²) in [6.45, 7) is 9.36. The van der Waals surface area contributed by atoms with Crippen LogP contribution in [0.5, 0.6) is 5.75 Å². The van der Waals surface area contributed by atoms with Crippen molar-refractivity contribution in [3.63, 3.8) is 0 Å². The Hall–Kier alpha value is -2.95. The second kappa shape index (κ2) is 16.6. The number of ether oxygens (including phenoxy) is 1. The zero-order valence-electron chi connectivity index (χ0n) is 33.7. The van der Waals surface area contributed by atoms with E-state index < -0.39 is 40.8 Å². The van der Waals surface area contributed by atoms with Gasteiger partial charge in [0.1, 0.15) is 11.8 Å². The largest absolute Gasteiger partial charge is 0.496 e. The number of amides is 2. The number of nitrogens with zero attached hydrogens (tertiary/aromatic N) is 3. The molecule has 1 heterocycles. The second-order valence-electron chi connectivity index (χ2n) is 17.0. The fourth-order valence-corrected chi connectivity index (χ4v) is 10.2. The van der Waals surface area contributed by atoms with Crippen molar-refractivity contribution in [1.29, 1.82) is 0 Å². The fraction of sp³-hybridized carbons (Fsp3) is 0.650. The smallest absolute Gasteiger partial charge is 0.251 e. The van der Waals surface area contributed by atoms with E-state index in [1.54, 1.807) is 31.2 Å². The van der Waals surface area contributed by atoms with E-state index in [1.807, 2.05) is 62.3 Å². The Labute approximate surface area is 323 Å². The summed E-state index contributed by atoms with van der Waals surface area (Å²) in [6.07, 6.45) is 2.12. The first-order chi connectivity index (χ1) is 25.2.